The lowest BCUT2D eigenvalue weighted by atomic mass is 9.69. The largest absolute Gasteiger partial charge is 0.463 e. The van der Waals surface area contributed by atoms with Crippen molar-refractivity contribution in [1.29, 1.82) is 0 Å². The van der Waals surface area contributed by atoms with Crippen molar-refractivity contribution in [3.8, 4) is 0 Å². The highest BCUT2D eigenvalue weighted by Gasteiger charge is 2.39. The van der Waals surface area contributed by atoms with Gasteiger partial charge in [-0.2, -0.15) is 0 Å². The van der Waals surface area contributed by atoms with Crippen molar-refractivity contribution in [3.63, 3.8) is 0 Å². The molecule has 0 radical (unpaired) electrons. The maximum absolute atomic E-state index is 11.8. The Bertz CT molecular complexity index is 241. The van der Waals surface area contributed by atoms with E-state index in [2.05, 4.69) is 0 Å². The number of hydrogen-bond donors (Lipinski definition) is 0. The molecule has 0 bridgehead atoms. The minimum Gasteiger partial charge on any atom is -0.463 e. The number of hydrogen-bond acceptors (Lipinski definition) is 2. The third-order valence-corrected chi connectivity index (χ3v) is 4.40. The van der Waals surface area contributed by atoms with Crippen LogP contribution in [0.3, 0.4) is 0 Å². The molecule has 2 aliphatic rings. The molecule has 0 aliphatic heterocycles. The van der Waals surface area contributed by atoms with Gasteiger partial charge in [-0.15, -0.1) is 0 Å². The summed E-state index contributed by atoms with van der Waals surface area (Å²) in [5.74, 6) is 0.233. The summed E-state index contributed by atoms with van der Waals surface area (Å²) in [6, 6.07) is 0. The fraction of sp³-hybridized carbons (Fsp3) is 0.929. The molecule has 0 aromatic heterocycles. The minimum absolute atomic E-state index is 0.0369. The first kappa shape index (κ1) is 11.9. The summed E-state index contributed by atoms with van der Waals surface area (Å²) in [5, 5.41) is 0. The SMILES string of the molecule is CC(C)OC(=O)C1CCC2(CCCC2)CC1. The van der Waals surface area contributed by atoms with E-state index in [0.717, 1.165) is 12.8 Å². The zero-order valence-electron chi connectivity index (χ0n) is 10.6. The molecule has 2 fully saturated rings. The third-order valence-electron chi connectivity index (χ3n) is 4.40. The van der Waals surface area contributed by atoms with Crippen molar-refractivity contribution < 1.29 is 9.53 Å². The van der Waals surface area contributed by atoms with E-state index < -0.39 is 0 Å². The van der Waals surface area contributed by atoms with Crippen molar-refractivity contribution >= 4 is 5.97 Å². The highest BCUT2D eigenvalue weighted by atomic mass is 16.5. The van der Waals surface area contributed by atoms with E-state index in [0.29, 0.717) is 5.41 Å². The van der Waals surface area contributed by atoms with Crippen LogP contribution in [-0.2, 0) is 9.53 Å². The molecule has 2 nitrogen and oxygen atoms in total. The normalized spacial score (nSPS) is 25.2. The molecular weight excluding hydrogens is 200 g/mol. The van der Waals surface area contributed by atoms with Gasteiger partial charge < -0.3 is 4.74 Å². The zero-order valence-corrected chi connectivity index (χ0v) is 10.6. The molecule has 0 saturated heterocycles. The average Bonchev–Trinajstić information content (AvgIpc) is 2.66. The first-order valence-corrected chi connectivity index (χ1v) is 6.82. The third kappa shape index (κ3) is 2.58. The Labute approximate surface area is 98.7 Å². The van der Waals surface area contributed by atoms with Crippen LogP contribution in [0, 0.1) is 11.3 Å². The molecule has 92 valence electrons. The molecule has 0 heterocycles. The lowest BCUT2D eigenvalue weighted by Crippen LogP contribution is -2.30. The Morgan fingerprint density at radius 3 is 2.19 bits per heavy atom. The fourth-order valence-electron chi connectivity index (χ4n) is 3.42. The van der Waals surface area contributed by atoms with Gasteiger partial charge in [0.15, 0.2) is 0 Å². The maximum atomic E-state index is 11.8. The molecule has 16 heavy (non-hydrogen) atoms. The molecule has 0 amide bonds. The summed E-state index contributed by atoms with van der Waals surface area (Å²) in [5.41, 5.74) is 0.620. The fourth-order valence-corrected chi connectivity index (χ4v) is 3.42. The van der Waals surface area contributed by atoms with E-state index in [1.54, 1.807) is 0 Å². The van der Waals surface area contributed by atoms with E-state index in [1.165, 1.54) is 38.5 Å². The topological polar surface area (TPSA) is 26.3 Å². The molecule has 0 N–H and O–H groups in total. The van der Waals surface area contributed by atoms with Crippen LogP contribution in [0.25, 0.3) is 0 Å². The van der Waals surface area contributed by atoms with Gasteiger partial charge >= 0.3 is 5.97 Å². The van der Waals surface area contributed by atoms with Crippen molar-refractivity contribution in [3.05, 3.63) is 0 Å². The standard InChI is InChI=1S/C14H24O2/c1-11(2)16-13(15)12-5-9-14(10-6-12)7-3-4-8-14/h11-12H,3-10H2,1-2H3. The smallest absolute Gasteiger partial charge is 0.309 e. The van der Waals surface area contributed by atoms with Gasteiger partial charge in [0, 0.05) is 0 Å². The highest BCUT2D eigenvalue weighted by molar-refractivity contribution is 5.72. The molecular formula is C14H24O2. The number of carbonyl (C=O) groups excluding carboxylic acids is 1. The van der Waals surface area contributed by atoms with Crippen LogP contribution in [0.4, 0.5) is 0 Å². The van der Waals surface area contributed by atoms with Gasteiger partial charge in [0.25, 0.3) is 0 Å². The molecule has 0 atom stereocenters. The summed E-state index contributed by atoms with van der Waals surface area (Å²) in [4.78, 5) is 11.8. The molecule has 0 aromatic rings. The van der Waals surface area contributed by atoms with Crippen molar-refractivity contribution in [2.24, 2.45) is 11.3 Å². The van der Waals surface area contributed by atoms with Gasteiger partial charge in [-0.05, 0) is 57.8 Å². The summed E-state index contributed by atoms with van der Waals surface area (Å²) in [6.45, 7) is 3.86. The molecule has 0 aromatic carbocycles. The van der Waals surface area contributed by atoms with Crippen LogP contribution in [0.15, 0.2) is 0 Å². The molecule has 2 heteroatoms. The maximum Gasteiger partial charge on any atom is 0.309 e. The number of carbonyl (C=O) groups is 1. The van der Waals surface area contributed by atoms with Crippen molar-refractivity contribution in [1.82, 2.24) is 0 Å². The van der Waals surface area contributed by atoms with E-state index in [1.807, 2.05) is 13.8 Å². The Morgan fingerprint density at radius 2 is 1.69 bits per heavy atom. The first-order chi connectivity index (χ1) is 7.61. The number of esters is 1. The van der Waals surface area contributed by atoms with Crippen molar-refractivity contribution in [2.75, 3.05) is 0 Å². The van der Waals surface area contributed by atoms with E-state index in [4.69, 9.17) is 4.74 Å². The van der Waals surface area contributed by atoms with E-state index >= 15 is 0 Å². The summed E-state index contributed by atoms with van der Waals surface area (Å²) >= 11 is 0. The second-order valence-electron chi connectivity index (χ2n) is 5.97. The second kappa shape index (κ2) is 4.77. The van der Waals surface area contributed by atoms with Gasteiger partial charge in [0.05, 0.1) is 12.0 Å². The molecule has 2 rings (SSSR count). The van der Waals surface area contributed by atoms with E-state index in [-0.39, 0.29) is 18.0 Å². The zero-order chi connectivity index (χ0) is 11.6. The molecule has 2 aliphatic carbocycles. The Hall–Kier alpha value is -0.530. The number of ether oxygens (including phenoxy) is 1. The van der Waals surface area contributed by atoms with Crippen LogP contribution in [0.1, 0.15) is 65.2 Å². The summed E-state index contributed by atoms with van der Waals surface area (Å²) in [7, 11) is 0. The van der Waals surface area contributed by atoms with Crippen LogP contribution in [-0.4, -0.2) is 12.1 Å². The summed E-state index contributed by atoms with van der Waals surface area (Å²) in [6.07, 6.45) is 10.3. The highest BCUT2D eigenvalue weighted by Crippen LogP contribution is 2.50. The van der Waals surface area contributed by atoms with Gasteiger partial charge in [-0.25, -0.2) is 0 Å². The van der Waals surface area contributed by atoms with Crippen LogP contribution in [0.5, 0.6) is 0 Å². The van der Waals surface area contributed by atoms with Crippen LogP contribution in [0.2, 0.25) is 0 Å². The summed E-state index contributed by atoms with van der Waals surface area (Å²) < 4.78 is 5.30. The predicted octanol–water partition coefficient (Wildman–Crippen LogP) is 3.69. The van der Waals surface area contributed by atoms with E-state index in [9.17, 15) is 4.79 Å². The minimum atomic E-state index is 0.0369. The van der Waals surface area contributed by atoms with Crippen LogP contribution < -0.4 is 0 Å². The Balaban J connectivity index is 1.82. The van der Waals surface area contributed by atoms with Crippen molar-refractivity contribution in [2.45, 2.75) is 71.3 Å². The quantitative estimate of drug-likeness (QED) is 0.669. The second-order valence-corrected chi connectivity index (χ2v) is 5.97. The lowest BCUT2D eigenvalue weighted by Gasteiger charge is -2.36. The van der Waals surface area contributed by atoms with Gasteiger partial charge in [-0.1, -0.05) is 12.8 Å². The average molecular weight is 224 g/mol. The van der Waals surface area contributed by atoms with Gasteiger partial charge in [0.2, 0.25) is 0 Å². The molecule has 0 unspecified atom stereocenters. The molecule has 2 saturated carbocycles. The van der Waals surface area contributed by atoms with Crippen LogP contribution >= 0.6 is 0 Å². The first-order valence-electron chi connectivity index (χ1n) is 6.82. The van der Waals surface area contributed by atoms with Gasteiger partial charge in [-0.3, -0.25) is 4.79 Å². The Kier molecular flexibility index (Phi) is 3.56. The Morgan fingerprint density at radius 1 is 1.12 bits per heavy atom. The lowest BCUT2D eigenvalue weighted by molar-refractivity contribution is -0.154. The van der Waals surface area contributed by atoms with Gasteiger partial charge in [0.1, 0.15) is 0 Å². The number of rotatable bonds is 2. The molecule has 1 spiro atoms. The monoisotopic (exact) mass is 224 g/mol. The predicted molar refractivity (Wildman–Crippen MR) is 64.1 cm³/mol.